The number of ether oxygens (including phenoxy) is 4. The number of imidazole rings is 1. The minimum Gasteiger partial charge on any atom is -0.457 e. The summed E-state index contributed by atoms with van der Waals surface area (Å²) in [6.45, 7) is 14.9. The molecule has 1 atom stereocenters. The Morgan fingerprint density at radius 3 is 1.90 bits per heavy atom. The maximum absolute atomic E-state index is 14.7. The number of nitrogens with one attached hydrogen (secondary N) is 1. The van der Waals surface area contributed by atoms with E-state index in [0.717, 1.165) is 0 Å². The Labute approximate surface area is 303 Å². The van der Waals surface area contributed by atoms with Crippen LogP contribution in [0.2, 0.25) is 0 Å². The summed E-state index contributed by atoms with van der Waals surface area (Å²) >= 11 is 0. The summed E-state index contributed by atoms with van der Waals surface area (Å²) in [4.78, 5) is 60.2. The van der Waals surface area contributed by atoms with Crippen LogP contribution in [0.5, 0.6) is 11.5 Å². The number of imide groups is 1. The molecular weight excluding hydrogens is 670 g/mol. The van der Waals surface area contributed by atoms with Crippen LogP contribution in [0, 0.1) is 0 Å². The summed E-state index contributed by atoms with van der Waals surface area (Å²) < 4.78 is 25.5. The molecule has 0 radical (unpaired) electrons. The maximum atomic E-state index is 14.7. The maximum Gasteiger partial charge on any atom is 0.425 e. The Kier molecular flexibility index (Phi) is 12.0. The first-order chi connectivity index (χ1) is 24.3. The second kappa shape index (κ2) is 15.9. The lowest BCUT2D eigenvalue weighted by Crippen LogP contribution is -2.44. The van der Waals surface area contributed by atoms with Crippen LogP contribution in [0.25, 0.3) is 16.7 Å². The number of rotatable bonds is 10. The van der Waals surface area contributed by atoms with Gasteiger partial charge in [0.05, 0.1) is 17.2 Å². The van der Waals surface area contributed by atoms with Gasteiger partial charge in [0.2, 0.25) is 0 Å². The molecule has 52 heavy (non-hydrogen) atoms. The normalized spacial score (nSPS) is 12.6. The van der Waals surface area contributed by atoms with Gasteiger partial charge in [0, 0.05) is 19.3 Å². The number of fused-ring (bicyclic) bond motifs is 1. The van der Waals surface area contributed by atoms with E-state index in [2.05, 4.69) is 10.3 Å². The van der Waals surface area contributed by atoms with Crippen LogP contribution < -0.4 is 20.6 Å². The second-order valence-corrected chi connectivity index (χ2v) is 15.1. The monoisotopic (exact) mass is 719 g/mol. The van der Waals surface area contributed by atoms with Crippen molar-refractivity contribution >= 4 is 35.1 Å². The predicted molar refractivity (Wildman–Crippen MR) is 196 cm³/mol. The number of benzene rings is 2. The van der Waals surface area contributed by atoms with Gasteiger partial charge in [-0.2, -0.15) is 4.90 Å². The van der Waals surface area contributed by atoms with E-state index in [1.54, 1.807) is 92.6 Å². The zero-order valence-electron chi connectivity index (χ0n) is 31.3. The van der Waals surface area contributed by atoms with E-state index in [9.17, 15) is 24.3 Å². The van der Waals surface area contributed by atoms with Crippen molar-refractivity contribution in [1.82, 2.24) is 19.4 Å². The van der Waals surface area contributed by atoms with Crippen molar-refractivity contribution in [2.45, 2.75) is 98.0 Å². The molecule has 0 saturated carbocycles. The van der Waals surface area contributed by atoms with Crippen LogP contribution in [0.4, 0.5) is 20.2 Å². The molecule has 4 rings (SSSR count). The summed E-state index contributed by atoms with van der Waals surface area (Å²) in [6.07, 6.45) is -0.886. The van der Waals surface area contributed by atoms with Gasteiger partial charge in [0.25, 0.3) is 0 Å². The molecule has 4 aromatic rings. The highest BCUT2D eigenvalue weighted by Crippen LogP contribution is 2.32. The van der Waals surface area contributed by atoms with E-state index in [4.69, 9.17) is 18.9 Å². The molecule has 14 heteroatoms. The van der Waals surface area contributed by atoms with Gasteiger partial charge in [-0.15, -0.1) is 0 Å². The largest absolute Gasteiger partial charge is 0.457 e. The lowest BCUT2D eigenvalue weighted by molar-refractivity contribution is 0.0426. The molecule has 2 aromatic heterocycles. The van der Waals surface area contributed by atoms with Crippen molar-refractivity contribution in [3.05, 3.63) is 77.3 Å². The summed E-state index contributed by atoms with van der Waals surface area (Å²) in [6, 6.07) is 16.7. The molecule has 0 bridgehead atoms. The Morgan fingerprint density at radius 2 is 1.37 bits per heavy atom. The Morgan fingerprint density at radius 1 is 0.808 bits per heavy atom. The van der Waals surface area contributed by atoms with Crippen LogP contribution in [-0.2, 0) is 14.2 Å². The number of para-hydroxylation sites is 1. The van der Waals surface area contributed by atoms with Crippen molar-refractivity contribution in [1.29, 1.82) is 0 Å². The first-order valence-electron chi connectivity index (χ1n) is 17.1. The molecule has 2 heterocycles. The number of anilines is 1. The molecule has 0 aliphatic rings. The zero-order chi connectivity index (χ0) is 38.4. The molecule has 0 aliphatic heterocycles. The van der Waals surface area contributed by atoms with Crippen LogP contribution in [-0.4, -0.2) is 67.5 Å². The first kappa shape index (κ1) is 39.4. The molecule has 0 aliphatic carbocycles. The number of amides is 3. The van der Waals surface area contributed by atoms with Gasteiger partial charge in [-0.3, -0.25) is 9.13 Å². The topological polar surface area (TPSA) is 163 Å². The highest BCUT2D eigenvalue weighted by Gasteiger charge is 2.37. The van der Waals surface area contributed by atoms with Crippen LogP contribution in [0.15, 0.2) is 71.7 Å². The number of carbonyl (C=O) groups excluding carboxylic acids is 3. The van der Waals surface area contributed by atoms with Crippen LogP contribution in [0.1, 0.15) is 81.2 Å². The summed E-state index contributed by atoms with van der Waals surface area (Å²) in [5.74, 6) is 0.893. The highest BCUT2D eigenvalue weighted by molar-refractivity contribution is 6.13. The predicted octanol–water partition coefficient (Wildman–Crippen LogP) is 7.49. The SMILES string of the molecule is CC(C)(C)OC(=O)NCC(CCCO)n1c(=O)n(-c2ccc(Oc3ccccc3)cc2)c2c(N(C(=O)OC(C)(C)C)C(=O)OC(C)(C)C)nccc21. The fraction of sp³-hybridized carbons (Fsp3) is 0.447. The number of hydrogen-bond donors (Lipinski definition) is 2. The van der Waals surface area contributed by atoms with Gasteiger partial charge < -0.3 is 29.4 Å². The number of nitrogens with zero attached hydrogens (tertiary/aromatic N) is 4. The molecule has 3 amide bonds. The lowest BCUT2D eigenvalue weighted by atomic mass is 10.1. The van der Waals surface area contributed by atoms with Crippen LogP contribution in [0.3, 0.4) is 0 Å². The van der Waals surface area contributed by atoms with Gasteiger partial charge in [-0.05, 0) is 118 Å². The number of carbonyl (C=O) groups is 3. The molecule has 0 fully saturated rings. The number of hydrogen-bond acceptors (Lipinski definition) is 10. The molecule has 280 valence electrons. The minimum absolute atomic E-state index is 0.0444. The van der Waals surface area contributed by atoms with Gasteiger partial charge in [0.15, 0.2) is 5.82 Å². The third-order valence-electron chi connectivity index (χ3n) is 7.14. The summed E-state index contributed by atoms with van der Waals surface area (Å²) in [7, 11) is 0. The van der Waals surface area contributed by atoms with Crippen molar-refractivity contribution in [2.24, 2.45) is 0 Å². The third kappa shape index (κ3) is 10.3. The molecule has 2 N–H and O–H groups in total. The summed E-state index contributed by atoms with van der Waals surface area (Å²) in [5.41, 5.74) is -2.61. The van der Waals surface area contributed by atoms with E-state index in [1.807, 2.05) is 30.3 Å². The van der Waals surface area contributed by atoms with E-state index in [-0.39, 0.29) is 36.4 Å². The standard InChI is InChI=1S/C38H49N5O9/c1-36(2,3)50-32(45)40-24-26(14-13-23-44)41-29-21-22-39-31(43(34(47)51-37(4,5)6)35(48)52-38(7,8)9)30(29)42(33(41)46)25-17-19-28(20-18-25)49-27-15-11-10-12-16-27/h10-12,15-22,26,44H,13-14,23-24H2,1-9H3,(H,40,45). The number of aromatic nitrogens is 3. The van der Waals surface area contributed by atoms with Crippen molar-refractivity contribution in [3.63, 3.8) is 0 Å². The average Bonchev–Trinajstić information content (AvgIpc) is 3.32. The fourth-order valence-electron chi connectivity index (χ4n) is 5.22. The van der Waals surface area contributed by atoms with Gasteiger partial charge in [0.1, 0.15) is 33.8 Å². The number of alkyl carbamates (subject to hydrolysis) is 1. The third-order valence-corrected chi connectivity index (χ3v) is 7.14. The van der Waals surface area contributed by atoms with Crippen molar-refractivity contribution in [2.75, 3.05) is 18.1 Å². The van der Waals surface area contributed by atoms with Crippen molar-refractivity contribution < 1.29 is 38.4 Å². The van der Waals surface area contributed by atoms with E-state index in [0.29, 0.717) is 28.5 Å². The zero-order valence-corrected chi connectivity index (χ0v) is 31.3. The smallest absolute Gasteiger partial charge is 0.425 e. The van der Waals surface area contributed by atoms with Crippen LogP contribution >= 0.6 is 0 Å². The number of aliphatic hydroxyl groups excluding tert-OH is 1. The van der Waals surface area contributed by atoms with Gasteiger partial charge >= 0.3 is 24.0 Å². The Bertz CT molecular complexity index is 1890. The quantitative estimate of drug-likeness (QED) is 0.157. The molecular formula is C38H49N5O9. The molecule has 1 unspecified atom stereocenters. The summed E-state index contributed by atoms with van der Waals surface area (Å²) in [5, 5.41) is 12.5. The Balaban J connectivity index is 1.97. The molecule has 14 nitrogen and oxygen atoms in total. The van der Waals surface area contributed by atoms with Gasteiger partial charge in [-0.25, -0.2) is 24.2 Å². The highest BCUT2D eigenvalue weighted by atomic mass is 16.6. The number of aliphatic hydroxyl groups is 1. The average molecular weight is 720 g/mol. The molecule has 0 spiro atoms. The fourth-order valence-corrected chi connectivity index (χ4v) is 5.22. The first-order valence-corrected chi connectivity index (χ1v) is 17.1. The Hall–Kier alpha value is -5.37. The van der Waals surface area contributed by atoms with E-state index >= 15 is 0 Å². The van der Waals surface area contributed by atoms with E-state index in [1.165, 1.54) is 15.3 Å². The molecule has 2 aromatic carbocycles. The second-order valence-electron chi connectivity index (χ2n) is 15.1. The van der Waals surface area contributed by atoms with Crippen molar-refractivity contribution in [3.8, 4) is 17.2 Å². The minimum atomic E-state index is -1.07. The van der Waals surface area contributed by atoms with Gasteiger partial charge in [-0.1, -0.05) is 18.2 Å². The lowest BCUT2D eigenvalue weighted by Gasteiger charge is -2.28. The number of pyridine rings is 1. The van der Waals surface area contributed by atoms with E-state index < -0.39 is 46.8 Å². The molecule has 0 saturated heterocycles.